The van der Waals surface area contributed by atoms with Crippen molar-refractivity contribution in [2.24, 2.45) is 0 Å². The molecule has 1 aliphatic heterocycles. The molecule has 0 unspecified atom stereocenters. The van der Waals surface area contributed by atoms with Crippen LogP contribution in [0.1, 0.15) is 35.4 Å². The van der Waals surface area contributed by atoms with Gasteiger partial charge in [0.1, 0.15) is 11.6 Å². The average Bonchev–Trinajstić information content (AvgIpc) is 3.19. The van der Waals surface area contributed by atoms with Crippen LogP contribution in [0.25, 0.3) is 17.1 Å². The van der Waals surface area contributed by atoms with E-state index in [-0.39, 0.29) is 18.2 Å². The Hall–Kier alpha value is -2.58. The number of hydrogen-bond donors (Lipinski definition) is 2. The van der Waals surface area contributed by atoms with Gasteiger partial charge in [-0.25, -0.2) is 9.99 Å². The number of aliphatic hydroxyl groups excluding tert-OH is 1. The molecule has 1 saturated heterocycles. The van der Waals surface area contributed by atoms with Crippen LogP contribution in [0.4, 0.5) is 0 Å². The average molecular weight is 475 g/mol. The summed E-state index contributed by atoms with van der Waals surface area (Å²) in [7, 11) is 1.59. The predicted molar refractivity (Wildman–Crippen MR) is 124 cm³/mol. The van der Waals surface area contributed by atoms with Crippen molar-refractivity contribution in [1.29, 1.82) is 0 Å². The highest BCUT2D eigenvalue weighted by molar-refractivity contribution is 6.36. The van der Waals surface area contributed by atoms with E-state index in [4.69, 9.17) is 27.9 Å². The summed E-state index contributed by atoms with van der Waals surface area (Å²) < 4.78 is 6.99. The molecule has 2 N–H and O–H groups in total. The Morgan fingerprint density at radius 3 is 2.47 bits per heavy atom. The first kappa shape index (κ1) is 22.6. The summed E-state index contributed by atoms with van der Waals surface area (Å²) in [6.07, 6.45) is 3.21. The first-order valence-corrected chi connectivity index (χ1v) is 11.2. The Morgan fingerprint density at radius 2 is 1.84 bits per heavy atom. The SMILES string of the molecule is COc1ccc(-n2c(-c3ccc(Cl)cc3Cl)nc(C(=O)NN3CCCCC3)c2CO)cc1. The molecule has 7 nitrogen and oxygen atoms in total. The Balaban J connectivity index is 1.83. The summed E-state index contributed by atoms with van der Waals surface area (Å²) >= 11 is 12.6. The van der Waals surface area contributed by atoms with E-state index in [9.17, 15) is 9.90 Å². The Kier molecular flexibility index (Phi) is 7.01. The van der Waals surface area contributed by atoms with Crippen LogP contribution in [0.5, 0.6) is 5.75 Å². The van der Waals surface area contributed by atoms with Gasteiger partial charge < -0.3 is 9.84 Å². The highest BCUT2D eigenvalue weighted by atomic mass is 35.5. The number of hydrogen-bond acceptors (Lipinski definition) is 5. The van der Waals surface area contributed by atoms with Gasteiger partial charge in [-0.05, 0) is 55.3 Å². The summed E-state index contributed by atoms with van der Waals surface area (Å²) in [5.41, 5.74) is 4.75. The molecule has 9 heteroatoms. The summed E-state index contributed by atoms with van der Waals surface area (Å²) in [6, 6.07) is 12.4. The van der Waals surface area contributed by atoms with Gasteiger partial charge in [-0.15, -0.1) is 0 Å². The fourth-order valence-electron chi connectivity index (χ4n) is 3.84. The van der Waals surface area contributed by atoms with Gasteiger partial charge in [-0.1, -0.05) is 29.6 Å². The van der Waals surface area contributed by atoms with E-state index in [1.165, 1.54) is 0 Å². The van der Waals surface area contributed by atoms with E-state index in [1.807, 2.05) is 17.1 Å². The minimum Gasteiger partial charge on any atom is -0.497 e. The molecule has 1 fully saturated rings. The van der Waals surface area contributed by atoms with Gasteiger partial charge in [-0.2, -0.15) is 0 Å². The van der Waals surface area contributed by atoms with E-state index in [1.54, 1.807) is 42.0 Å². The van der Waals surface area contributed by atoms with Crippen LogP contribution in [0.2, 0.25) is 10.0 Å². The molecule has 32 heavy (non-hydrogen) atoms. The zero-order chi connectivity index (χ0) is 22.7. The van der Waals surface area contributed by atoms with Crippen LogP contribution in [0, 0.1) is 0 Å². The second-order valence-electron chi connectivity index (χ2n) is 7.54. The third kappa shape index (κ3) is 4.61. The van der Waals surface area contributed by atoms with Crippen molar-refractivity contribution in [3.63, 3.8) is 0 Å². The van der Waals surface area contributed by atoms with Crippen LogP contribution < -0.4 is 10.2 Å². The molecule has 2 heterocycles. The maximum absolute atomic E-state index is 13.1. The number of aromatic nitrogens is 2. The summed E-state index contributed by atoms with van der Waals surface area (Å²) in [4.78, 5) is 17.8. The number of hydrazine groups is 1. The molecule has 0 radical (unpaired) electrons. The molecule has 0 spiro atoms. The molecular weight excluding hydrogens is 451 g/mol. The van der Waals surface area contributed by atoms with E-state index >= 15 is 0 Å². The number of methoxy groups -OCH3 is 1. The molecule has 1 aromatic heterocycles. The fourth-order valence-corrected chi connectivity index (χ4v) is 4.34. The molecule has 168 valence electrons. The topological polar surface area (TPSA) is 79.6 Å². The number of amides is 1. The Labute approximate surface area is 196 Å². The zero-order valence-corrected chi connectivity index (χ0v) is 19.2. The lowest BCUT2D eigenvalue weighted by molar-refractivity contribution is 0.0742. The maximum atomic E-state index is 13.1. The molecule has 3 aromatic rings. The normalized spacial score (nSPS) is 14.4. The third-order valence-corrected chi connectivity index (χ3v) is 6.00. The molecule has 0 saturated carbocycles. The van der Waals surface area contributed by atoms with Gasteiger partial charge in [0.15, 0.2) is 5.69 Å². The molecular formula is C23H24Cl2N4O3. The van der Waals surface area contributed by atoms with Crippen LogP contribution in [-0.4, -0.2) is 45.8 Å². The van der Waals surface area contributed by atoms with Crippen molar-refractivity contribution >= 4 is 29.1 Å². The van der Waals surface area contributed by atoms with E-state index in [0.29, 0.717) is 38.6 Å². The first-order chi connectivity index (χ1) is 15.5. The lowest BCUT2D eigenvalue weighted by Gasteiger charge is -2.26. The van der Waals surface area contributed by atoms with Crippen LogP contribution in [0.15, 0.2) is 42.5 Å². The van der Waals surface area contributed by atoms with Crippen molar-refractivity contribution in [2.75, 3.05) is 20.2 Å². The first-order valence-electron chi connectivity index (χ1n) is 10.4. The lowest BCUT2D eigenvalue weighted by atomic mass is 10.2. The van der Waals surface area contributed by atoms with Crippen molar-refractivity contribution in [3.05, 3.63) is 63.9 Å². The summed E-state index contributed by atoms with van der Waals surface area (Å²) in [5, 5.41) is 13.0. The number of benzene rings is 2. The standard InChI is InChI=1S/C23H24Cl2N4O3/c1-32-17-8-6-16(7-9-17)29-20(14-30)21(23(31)27-28-11-3-2-4-12-28)26-22(29)18-10-5-15(24)13-19(18)25/h5-10,13,30H,2-4,11-12,14H2,1H3,(H,27,31). The Morgan fingerprint density at radius 1 is 1.12 bits per heavy atom. The molecule has 0 atom stereocenters. The molecule has 0 bridgehead atoms. The second-order valence-corrected chi connectivity index (χ2v) is 8.38. The number of carbonyl (C=O) groups is 1. The number of piperidine rings is 1. The summed E-state index contributed by atoms with van der Waals surface area (Å²) in [5.74, 6) is 0.757. The van der Waals surface area contributed by atoms with Crippen molar-refractivity contribution < 1.29 is 14.6 Å². The number of aliphatic hydroxyl groups is 1. The zero-order valence-electron chi connectivity index (χ0n) is 17.6. The number of nitrogens with zero attached hydrogens (tertiary/aromatic N) is 3. The minimum absolute atomic E-state index is 0.148. The molecule has 1 amide bonds. The number of imidazole rings is 1. The molecule has 1 aliphatic rings. The maximum Gasteiger partial charge on any atom is 0.286 e. The van der Waals surface area contributed by atoms with Gasteiger partial charge in [-0.3, -0.25) is 14.8 Å². The smallest absolute Gasteiger partial charge is 0.286 e. The van der Waals surface area contributed by atoms with Gasteiger partial charge in [0.05, 0.1) is 24.4 Å². The molecule has 0 aliphatic carbocycles. The quantitative estimate of drug-likeness (QED) is 0.550. The van der Waals surface area contributed by atoms with Gasteiger partial charge in [0.25, 0.3) is 5.91 Å². The number of carbonyl (C=O) groups excluding carboxylic acids is 1. The number of ether oxygens (including phenoxy) is 1. The summed E-state index contributed by atoms with van der Waals surface area (Å²) in [6.45, 7) is 1.19. The highest BCUT2D eigenvalue weighted by Gasteiger charge is 2.26. The third-order valence-electron chi connectivity index (χ3n) is 5.46. The van der Waals surface area contributed by atoms with Crippen LogP contribution in [-0.2, 0) is 6.61 Å². The van der Waals surface area contributed by atoms with Gasteiger partial charge in [0, 0.05) is 29.4 Å². The molecule has 4 rings (SSSR count). The van der Waals surface area contributed by atoms with E-state index < -0.39 is 0 Å². The highest BCUT2D eigenvalue weighted by Crippen LogP contribution is 2.34. The van der Waals surface area contributed by atoms with Gasteiger partial charge >= 0.3 is 0 Å². The fraction of sp³-hybridized carbons (Fsp3) is 0.304. The minimum atomic E-state index is -0.382. The Bertz CT molecular complexity index is 1110. The van der Waals surface area contributed by atoms with E-state index in [0.717, 1.165) is 32.4 Å². The van der Waals surface area contributed by atoms with Crippen LogP contribution in [0.3, 0.4) is 0 Å². The lowest BCUT2D eigenvalue weighted by Crippen LogP contribution is -2.45. The molecule has 2 aromatic carbocycles. The number of rotatable bonds is 6. The largest absolute Gasteiger partial charge is 0.497 e. The van der Waals surface area contributed by atoms with Gasteiger partial charge in [0.2, 0.25) is 0 Å². The monoisotopic (exact) mass is 474 g/mol. The van der Waals surface area contributed by atoms with Crippen molar-refractivity contribution in [1.82, 2.24) is 20.0 Å². The number of nitrogens with one attached hydrogen (secondary N) is 1. The van der Waals surface area contributed by atoms with Crippen molar-refractivity contribution in [3.8, 4) is 22.8 Å². The van der Waals surface area contributed by atoms with Crippen LogP contribution >= 0.6 is 23.2 Å². The van der Waals surface area contributed by atoms with E-state index in [2.05, 4.69) is 10.4 Å². The number of halogens is 2. The predicted octanol–water partition coefficient (Wildman–Crippen LogP) is 4.48. The van der Waals surface area contributed by atoms with Crippen molar-refractivity contribution in [2.45, 2.75) is 25.9 Å². The second kappa shape index (κ2) is 9.92.